The van der Waals surface area contributed by atoms with E-state index in [0.29, 0.717) is 23.6 Å². The molecule has 0 bridgehead atoms. The first-order valence-corrected chi connectivity index (χ1v) is 10.0. The highest BCUT2D eigenvalue weighted by molar-refractivity contribution is 7.08. The van der Waals surface area contributed by atoms with Crippen LogP contribution < -0.4 is 10.6 Å². The van der Waals surface area contributed by atoms with E-state index in [1.165, 1.54) is 15.7 Å². The second kappa shape index (κ2) is 8.60. The molecule has 0 aliphatic carbocycles. The fourth-order valence-electron chi connectivity index (χ4n) is 2.77. The van der Waals surface area contributed by atoms with Crippen LogP contribution in [0.25, 0.3) is 11.3 Å². The Morgan fingerprint density at radius 3 is 2.61 bits per heavy atom. The Labute approximate surface area is 180 Å². The molecule has 0 atom stereocenters. The molecule has 31 heavy (non-hydrogen) atoms. The standard InChI is InChI=1S/C20H16N8O2S/c1-27-17(8-16(25-27)15-6-7-31-11-15)23-18(29)19(30)24-20-22-12-28(26-20)10-14-4-2-13(9-21)3-5-14/h2-8,11-12H,10H2,1H3,(H,23,29)(H,24,26,30). The summed E-state index contributed by atoms with van der Waals surface area (Å²) in [5.41, 5.74) is 3.11. The molecular formula is C20H16N8O2S. The average molecular weight is 432 g/mol. The van der Waals surface area contributed by atoms with Crippen LogP contribution in [-0.4, -0.2) is 36.4 Å². The monoisotopic (exact) mass is 432 g/mol. The van der Waals surface area contributed by atoms with Crippen molar-refractivity contribution in [3.63, 3.8) is 0 Å². The third-order valence-electron chi connectivity index (χ3n) is 4.33. The number of benzene rings is 1. The number of carbonyl (C=O) groups excluding carboxylic acids is 2. The maximum absolute atomic E-state index is 12.3. The lowest BCUT2D eigenvalue weighted by molar-refractivity contribution is -0.133. The van der Waals surface area contributed by atoms with Gasteiger partial charge in [0.1, 0.15) is 12.1 Å². The molecule has 10 nitrogen and oxygen atoms in total. The van der Waals surface area contributed by atoms with Crippen molar-refractivity contribution in [1.29, 1.82) is 5.26 Å². The van der Waals surface area contributed by atoms with Crippen molar-refractivity contribution < 1.29 is 9.59 Å². The van der Waals surface area contributed by atoms with Gasteiger partial charge in [-0.05, 0) is 29.1 Å². The number of rotatable bonds is 5. The maximum atomic E-state index is 12.3. The Hall–Kier alpha value is -4.30. The topological polar surface area (TPSA) is 131 Å². The van der Waals surface area contributed by atoms with Crippen LogP contribution in [-0.2, 0) is 23.2 Å². The van der Waals surface area contributed by atoms with E-state index in [4.69, 9.17) is 5.26 Å². The first kappa shape index (κ1) is 20.0. The lowest BCUT2D eigenvalue weighted by Crippen LogP contribution is -2.30. The van der Waals surface area contributed by atoms with E-state index in [0.717, 1.165) is 11.1 Å². The third kappa shape index (κ3) is 4.65. The van der Waals surface area contributed by atoms with Crippen molar-refractivity contribution in [3.8, 4) is 17.3 Å². The van der Waals surface area contributed by atoms with Crippen LogP contribution in [0.4, 0.5) is 11.8 Å². The van der Waals surface area contributed by atoms with Gasteiger partial charge in [0.05, 0.1) is 23.9 Å². The molecule has 0 aliphatic heterocycles. The molecule has 154 valence electrons. The molecule has 2 N–H and O–H groups in total. The number of nitrogens with one attached hydrogen (secondary N) is 2. The van der Waals surface area contributed by atoms with E-state index < -0.39 is 11.8 Å². The number of anilines is 2. The van der Waals surface area contributed by atoms with Crippen molar-refractivity contribution in [3.05, 3.63) is 64.6 Å². The van der Waals surface area contributed by atoms with Crippen LogP contribution in [0.15, 0.2) is 53.5 Å². The molecule has 11 heteroatoms. The zero-order chi connectivity index (χ0) is 21.8. The van der Waals surface area contributed by atoms with Gasteiger partial charge in [0, 0.05) is 24.1 Å². The maximum Gasteiger partial charge on any atom is 0.316 e. The second-order valence-corrected chi connectivity index (χ2v) is 7.31. The summed E-state index contributed by atoms with van der Waals surface area (Å²) in [4.78, 5) is 28.5. The predicted molar refractivity (Wildman–Crippen MR) is 114 cm³/mol. The SMILES string of the molecule is Cn1nc(-c2ccsc2)cc1NC(=O)C(=O)Nc1ncn(Cc2ccc(C#N)cc2)n1. The van der Waals surface area contributed by atoms with Crippen molar-refractivity contribution in [2.24, 2.45) is 7.05 Å². The van der Waals surface area contributed by atoms with E-state index >= 15 is 0 Å². The van der Waals surface area contributed by atoms with Crippen LogP contribution in [0.2, 0.25) is 0 Å². The van der Waals surface area contributed by atoms with Gasteiger partial charge in [0.2, 0.25) is 5.95 Å². The molecule has 0 radical (unpaired) electrons. The number of nitrogens with zero attached hydrogens (tertiary/aromatic N) is 6. The molecule has 3 heterocycles. The summed E-state index contributed by atoms with van der Waals surface area (Å²) in [6, 6.07) is 12.7. The second-order valence-electron chi connectivity index (χ2n) is 6.53. The summed E-state index contributed by atoms with van der Waals surface area (Å²) in [6.45, 7) is 0.404. The van der Waals surface area contributed by atoms with Crippen LogP contribution in [0.3, 0.4) is 0 Å². The summed E-state index contributed by atoms with van der Waals surface area (Å²) in [5, 5.41) is 26.1. The van der Waals surface area contributed by atoms with E-state index in [2.05, 4.69) is 31.9 Å². The molecule has 4 aromatic rings. The van der Waals surface area contributed by atoms with E-state index in [1.54, 1.807) is 36.6 Å². The van der Waals surface area contributed by atoms with E-state index in [9.17, 15) is 9.59 Å². The van der Waals surface area contributed by atoms with E-state index in [-0.39, 0.29) is 5.95 Å². The highest BCUT2D eigenvalue weighted by Crippen LogP contribution is 2.23. The van der Waals surface area contributed by atoms with Gasteiger partial charge < -0.3 is 5.32 Å². The highest BCUT2D eigenvalue weighted by Gasteiger charge is 2.18. The highest BCUT2D eigenvalue weighted by atomic mass is 32.1. The van der Waals surface area contributed by atoms with Gasteiger partial charge in [-0.2, -0.15) is 21.7 Å². The third-order valence-corrected chi connectivity index (χ3v) is 5.02. The smallest absolute Gasteiger partial charge is 0.303 e. The number of aryl methyl sites for hydroxylation is 1. The summed E-state index contributed by atoms with van der Waals surface area (Å²) >= 11 is 1.54. The van der Waals surface area contributed by atoms with Gasteiger partial charge in [-0.3, -0.25) is 19.6 Å². The van der Waals surface area contributed by atoms with Crippen molar-refractivity contribution in [1.82, 2.24) is 24.5 Å². The molecule has 0 unspecified atom stereocenters. The van der Waals surface area contributed by atoms with E-state index in [1.807, 2.05) is 29.0 Å². The summed E-state index contributed by atoms with van der Waals surface area (Å²) in [5.74, 6) is -1.35. The van der Waals surface area contributed by atoms with Crippen molar-refractivity contribution >= 4 is 34.9 Å². The molecule has 0 saturated heterocycles. The van der Waals surface area contributed by atoms with Gasteiger partial charge in [0.25, 0.3) is 0 Å². The van der Waals surface area contributed by atoms with Crippen LogP contribution in [0.5, 0.6) is 0 Å². The minimum absolute atomic E-state index is 0.0118. The zero-order valence-electron chi connectivity index (χ0n) is 16.3. The first-order valence-electron chi connectivity index (χ1n) is 9.09. The fourth-order valence-corrected chi connectivity index (χ4v) is 3.42. The lowest BCUT2D eigenvalue weighted by Gasteiger charge is -2.04. The summed E-state index contributed by atoms with van der Waals surface area (Å²) in [7, 11) is 1.68. The lowest BCUT2D eigenvalue weighted by atomic mass is 10.1. The molecule has 4 rings (SSSR count). The Bertz CT molecular complexity index is 1270. The molecular weight excluding hydrogens is 416 g/mol. The number of hydrogen-bond donors (Lipinski definition) is 2. The minimum Gasteiger partial charge on any atom is -0.303 e. The number of thiophene rings is 1. The molecule has 3 aromatic heterocycles. The number of amides is 2. The van der Waals surface area contributed by atoms with Gasteiger partial charge >= 0.3 is 11.8 Å². The van der Waals surface area contributed by atoms with Gasteiger partial charge in [-0.25, -0.2) is 9.67 Å². The number of aromatic nitrogens is 5. The molecule has 0 fully saturated rings. The van der Waals surface area contributed by atoms with Crippen molar-refractivity contribution in [2.75, 3.05) is 10.6 Å². The summed E-state index contributed by atoms with van der Waals surface area (Å²) < 4.78 is 3.01. The molecule has 0 spiro atoms. The van der Waals surface area contributed by atoms with Crippen molar-refractivity contribution in [2.45, 2.75) is 6.54 Å². The zero-order valence-corrected chi connectivity index (χ0v) is 17.1. The van der Waals surface area contributed by atoms with Crippen LogP contribution in [0.1, 0.15) is 11.1 Å². The first-order chi connectivity index (χ1) is 15.0. The predicted octanol–water partition coefficient (Wildman–Crippen LogP) is 2.24. The Morgan fingerprint density at radius 1 is 1.13 bits per heavy atom. The van der Waals surface area contributed by atoms with Gasteiger partial charge in [-0.15, -0.1) is 5.10 Å². The molecule has 0 aliphatic rings. The quantitative estimate of drug-likeness (QED) is 0.465. The number of hydrogen-bond acceptors (Lipinski definition) is 7. The molecule has 0 saturated carbocycles. The Balaban J connectivity index is 1.36. The minimum atomic E-state index is -0.894. The number of nitriles is 1. The number of carbonyl (C=O) groups is 2. The average Bonchev–Trinajstić information content (AvgIpc) is 3.51. The molecule has 2 amide bonds. The van der Waals surface area contributed by atoms with Crippen LogP contribution >= 0.6 is 11.3 Å². The van der Waals surface area contributed by atoms with Crippen LogP contribution in [0, 0.1) is 11.3 Å². The van der Waals surface area contributed by atoms with Gasteiger partial charge in [0.15, 0.2) is 0 Å². The Kier molecular flexibility index (Phi) is 5.55. The largest absolute Gasteiger partial charge is 0.316 e. The normalized spacial score (nSPS) is 10.5. The molecule has 1 aromatic carbocycles. The fraction of sp³-hybridized carbons (Fsp3) is 0.100. The summed E-state index contributed by atoms with van der Waals surface area (Å²) in [6.07, 6.45) is 1.44. The van der Waals surface area contributed by atoms with Gasteiger partial charge in [-0.1, -0.05) is 12.1 Å². The Morgan fingerprint density at radius 2 is 1.90 bits per heavy atom.